The van der Waals surface area contributed by atoms with Gasteiger partial charge in [0.05, 0.1) is 0 Å². The van der Waals surface area contributed by atoms with Crippen LogP contribution in [0.5, 0.6) is 0 Å². The van der Waals surface area contributed by atoms with E-state index in [9.17, 15) is 9.59 Å². The predicted molar refractivity (Wildman–Crippen MR) is 94.3 cm³/mol. The van der Waals surface area contributed by atoms with Crippen molar-refractivity contribution in [2.24, 2.45) is 5.41 Å². The molecule has 0 spiro atoms. The van der Waals surface area contributed by atoms with Crippen LogP contribution in [-0.2, 0) is 4.79 Å². The first-order valence-corrected chi connectivity index (χ1v) is 7.55. The quantitative estimate of drug-likeness (QED) is 0.810. The first-order chi connectivity index (χ1) is 10.8. The molecule has 0 atom stereocenters. The first-order valence-electron chi connectivity index (χ1n) is 7.55. The lowest BCUT2D eigenvalue weighted by Gasteiger charge is -2.17. The normalized spacial score (nSPS) is 11.0. The molecular weight excluding hydrogens is 288 g/mol. The third-order valence-electron chi connectivity index (χ3n) is 3.38. The molecule has 120 valence electrons. The Bertz CT molecular complexity index is 713. The standard InChI is InChI=1S/C19H22N2O2/c1-13(22)14-6-5-7-17(12-14)20-15-8-10-16(11-9-15)21-18(23)19(2,3)4/h5-12,20H,1-4H3,(H,21,23). The number of ketones is 1. The average molecular weight is 310 g/mol. The highest BCUT2D eigenvalue weighted by atomic mass is 16.2. The SMILES string of the molecule is CC(=O)c1cccc(Nc2ccc(NC(=O)C(C)(C)C)cc2)c1. The van der Waals surface area contributed by atoms with E-state index in [0.29, 0.717) is 5.56 Å². The number of hydrogen-bond acceptors (Lipinski definition) is 3. The fourth-order valence-corrected chi connectivity index (χ4v) is 1.94. The predicted octanol–water partition coefficient (Wildman–Crippen LogP) is 4.62. The highest BCUT2D eigenvalue weighted by Gasteiger charge is 2.20. The van der Waals surface area contributed by atoms with Gasteiger partial charge in [-0.25, -0.2) is 0 Å². The minimum Gasteiger partial charge on any atom is -0.356 e. The topological polar surface area (TPSA) is 58.2 Å². The van der Waals surface area contributed by atoms with E-state index in [1.807, 2.05) is 63.2 Å². The molecule has 2 aromatic carbocycles. The van der Waals surface area contributed by atoms with Crippen LogP contribution < -0.4 is 10.6 Å². The Morgan fingerprint density at radius 2 is 1.48 bits per heavy atom. The minimum absolute atomic E-state index is 0.0210. The highest BCUT2D eigenvalue weighted by molar-refractivity contribution is 5.95. The molecule has 0 aromatic heterocycles. The van der Waals surface area contributed by atoms with Gasteiger partial charge in [-0.3, -0.25) is 9.59 Å². The molecule has 0 radical (unpaired) electrons. The number of benzene rings is 2. The van der Waals surface area contributed by atoms with Crippen molar-refractivity contribution in [2.75, 3.05) is 10.6 Å². The molecule has 0 aliphatic carbocycles. The molecule has 0 aliphatic rings. The molecule has 0 aliphatic heterocycles. The Balaban J connectivity index is 2.07. The van der Waals surface area contributed by atoms with Crippen molar-refractivity contribution in [3.05, 3.63) is 54.1 Å². The number of carbonyl (C=O) groups excluding carboxylic acids is 2. The van der Waals surface area contributed by atoms with E-state index < -0.39 is 5.41 Å². The highest BCUT2D eigenvalue weighted by Crippen LogP contribution is 2.22. The second-order valence-electron chi connectivity index (χ2n) is 6.54. The summed E-state index contributed by atoms with van der Waals surface area (Å²) in [7, 11) is 0. The molecule has 23 heavy (non-hydrogen) atoms. The van der Waals surface area contributed by atoms with Crippen LogP contribution in [0, 0.1) is 5.41 Å². The van der Waals surface area contributed by atoms with Crippen molar-refractivity contribution in [3.8, 4) is 0 Å². The van der Waals surface area contributed by atoms with Gasteiger partial charge in [0.15, 0.2) is 5.78 Å². The number of nitrogens with one attached hydrogen (secondary N) is 2. The van der Waals surface area contributed by atoms with Crippen molar-refractivity contribution in [1.29, 1.82) is 0 Å². The van der Waals surface area contributed by atoms with Crippen LogP contribution in [0.3, 0.4) is 0 Å². The van der Waals surface area contributed by atoms with Crippen LogP contribution in [0.25, 0.3) is 0 Å². The van der Waals surface area contributed by atoms with Crippen LogP contribution in [0.2, 0.25) is 0 Å². The van der Waals surface area contributed by atoms with Crippen LogP contribution >= 0.6 is 0 Å². The molecule has 2 aromatic rings. The molecule has 0 saturated heterocycles. The van der Waals surface area contributed by atoms with Gasteiger partial charge in [-0.1, -0.05) is 32.9 Å². The number of rotatable bonds is 4. The zero-order chi connectivity index (χ0) is 17.0. The van der Waals surface area contributed by atoms with Gasteiger partial charge in [-0.2, -0.15) is 0 Å². The summed E-state index contributed by atoms with van der Waals surface area (Å²) in [6, 6.07) is 14.8. The van der Waals surface area contributed by atoms with E-state index >= 15 is 0 Å². The van der Waals surface area contributed by atoms with E-state index in [1.165, 1.54) is 0 Å². The molecule has 0 bridgehead atoms. The molecule has 4 heteroatoms. The van der Waals surface area contributed by atoms with Gasteiger partial charge in [0.2, 0.25) is 5.91 Å². The van der Waals surface area contributed by atoms with Gasteiger partial charge >= 0.3 is 0 Å². The molecule has 0 saturated carbocycles. The summed E-state index contributed by atoms with van der Waals surface area (Å²) in [6.45, 7) is 7.17. The van der Waals surface area contributed by atoms with Crippen molar-refractivity contribution in [2.45, 2.75) is 27.7 Å². The largest absolute Gasteiger partial charge is 0.356 e. The molecule has 0 fully saturated rings. The lowest BCUT2D eigenvalue weighted by Crippen LogP contribution is -2.27. The van der Waals surface area contributed by atoms with Gasteiger partial charge < -0.3 is 10.6 Å². The van der Waals surface area contributed by atoms with Crippen molar-refractivity contribution in [3.63, 3.8) is 0 Å². The van der Waals surface area contributed by atoms with Crippen molar-refractivity contribution >= 4 is 28.8 Å². The number of Topliss-reactive ketones (excluding diaryl/α,β-unsaturated/α-hetero) is 1. The molecule has 4 nitrogen and oxygen atoms in total. The Kier molecular flexibility index (Phi) is 4.84. The van der Waals surface area contributed by atoms with E-state index in [0.717, 1.165) is 17.1 Å². The number of hydrogen-bond donors (Lipinski definition) is 2. The lowest BCUT2D eigenvalue weighted by atomic mass is 9.95. The van der Waals surface area contributed by atoms with E-state index in [4.69, 9.17) is 0 Å². The van der Waals surface area contributed by atoms with E-state index in [1.54, 1.807) is 13.0 Å². The second-order valence-corrected chi connectivity index (χ2v) is 6.54. The average Bonchev–Trinajstić information content (AvgIpc) is 2.48. The van der Waals surface area contributed by atoms with E-state index in [2.05, 4.69) is 10.6 Å². The Morgan fingerprint density at radius 3 is 2.04 bits per heavy atom. The number of carbonyl (C=O) groups is 2. The van der Waals surface area contributed by atoms with Gasteiger partial charge in [0.1, 0.15) is 0 Å². The summed E-state index contributed by atoms with van der Waals surface area (Å²) in [5, 5.41) is 6.13. The molecule has 0 heterocycles. The third kappa shape index (κ3) is 4.68. The van der Waals surface area contributed by atoms with Crippen molar-refractivity contribution in [1.82, 2.24) is 0 Å². The number of amides is 1. The maximum absolute atomic E-state index is 12.0. The third-order valence-corrected chi connectivity index (χ3v) is 3.38. The molecule has 2 N–H and O–H groups in total. The Hall–Kier alpha value is -2.62. The van der Waals surface area contributed by atoms with Gasteiger partial charge in [0.25, 0.3) is 0 Å². The number of anilines is 3. The maximum atomic E-state index is 12.0. The molecule has 0 unspecified atom stereocenters. The van der Waals surface area contributed by atoms with Crippen LogP contribution in [-0.4, -0.2) is 11.7 Å². The summed E-state index contributed by atoms with van der Waals surface area (Å²) >= 11 is 0. The first kappa shape index (κ1) is 16.7. The Labute approximate surface area is 136 Å². The fraction of sp³-hybridized carbons (Fsp3) is 0.263. The zero-order valence-electron chi connectivity index (χ0n) is 13.9. The van der Waals surface area contributed by atoms with E-state index in [-0.39, 0.29) is 11.7 Å². The monoisotopic (exact) mass is 310 g/mol. The summed E-state index contributed by atoms with van der Waals surface area (Å²) in [6.07, 6.45) is 0. The second kappa shape index (κ2) is 6.65. The summed E-state index contributed by atoms with van der Waals surface area (Å²) in [5.74, 6) is 0.0151. The van der Waals surface area contributed by atoms with Gasteiger partial charge in [-0.15, -0.1) is 0 Å². The zero-order valence-corrected chi connectivity index (χ0v) is 13.9. The summed E-state index contributed by atoms with van der Waals surface area (Å²) in [5.41, 5.74) is 2.74. The summed E-state index contributed by atoms with van der Waals surface area (Å²) < 4.78 is 0. The molecule has 2 rings (SSSR count). The van der Waals surface area contributed by atoms with Crippen LogP contribution in [0.15, 0.2) is 48.5 Å². The lowest BCUT2D eigenvalue weighted by molar-refractivity contribution is -0.123. The molecule has 1 amide bonds. The smallest absolute Gasteiger partial charge is 0.229 e. The minimum atomic E-state index is -0.427. The van der Waals surface area contributed by atoms with Crippen LogP contribution in [0.4, 0.5) is 17.1 Å². The maximum Gasteiger partial charge on any atom is 0.229 e. The van der Waals surface area contributed by atoms with Crippen molar-refractivity contribution < 1.29 is 9.59 Å². The summed E-state index contributed by atoms with van der Waals surface area (Å²) in [4.78, 5) is 23.4. The fourth-order valence-electron chi connectivity index (χ4n) is 1.94. The van der Waals surface area contributed by atoms with Gasteiger partial charge in [0, 0.05) is 28.0 Å². The molecular formula is C19H22N2O2. The van der Waals surface area contributed by atoms with Gasteiger partial charge in [-0.05, 0) is 43.3 Å². The van der Waals surface area contributed by atoms with Crippen LogP contribution in [0.1, 0.15) is 38.1 Å². The Morgan fingerprint density at radius 1 is 0.870 bits per heavy atom.